The highest BCUT2D eigenvalue weighted by atomic mass is 19.1. The Morgan fingerprint density at radius 3 is 2.50 bits per heavy atom. The van der Waals surface area contributed by atoms with Crippen molar-refractivity contribution in [2.24, 2.45) is 0 Å². The standard InChI is InChI=1S/C14H17FN2O5/c1-14(2,3)22-13(20)17-6-8(7-17)21-10-5-4-9(12(18)19)16-11(10)15/h4-5,8H,6-7H2,1-3H3,(H,18,19). The predicted octanol–water partition coefficient (Wildman–Crippen LogP) is 1.92. The summed E-state index contributed by atoms with van der Waals surface area (Å²) in [6.07, 6.45) is -0.827. The number of pyridine rings is 1. The van der Waals surface area contributed by atoms with Crippen LogP contribution in [-0.4, -0.2) is 51.8 Å². The van der Waals surface area contributed by atoms with Crippen LogP contribution in [0.4, 0.5) is 9.18 Å². The first-order valence-electron chi connectivity index (χ1n) is 6.70. The molecular weight excluding hydrogens is 295 g/mol. The van der Waals surface area contributed by atoms with Gasteiger partial charge in [-0.2, -0.15) is 4.39 Å². The Morgan fingerprint density at radius 1 is 1.36 bits per heavy atom. The van der Waals surface area contributed by atoms with Gasteiger partial charge in [-0.15, -0.1) is 0 Å². The Labute approximate surface area is 126 Å². The fourth-order valence-electron chi connectivity index (χ4n) is 1.80. The maximum atomic E-state index is 13.6. The molecule has 1 saturated heterocycles. The summed E-state index contributed by atoms with van der Waals surface area (Å²) in [6, 6.07) is 2.37. The average Bonchev–Trinajstić information content (AvgIpc) is 2.31. The lowest BCUT2D eigenvalue weighted by molar-refractivity contribution is -0.0231. The molecule has 120 valence electrons. The third-order valence-electron chi connectivity index (χ3n) is 2.83. The number of likely N-dealkylation sites (tertiary alicyclic amines) is 1. The minimum absolute atomic E-state index is 0.140. The molecule has 2 heterocycles. The largest absolute Gasteiger partial charge is 0.482 e. The van der Waals surface area contributed by atoms with E-state index in [-0.39, 0.29) is 24.9 Å². The molecule has 0 spiro atoms. The summed E-state index contributed by atoms with van der Waals surface area (Å²) in [6.45, 7) is 5.85. The maximum absolute atomic E-state index is 13.6. The Kier molecular flexibility index (Phi) is 4.20. The number of hydrogen-bond acceptors (Lipinski definition) is 5. The van der Waals surface area contributed by atoms with Crippen molar-refractivity contribution in [1.82, 2.24) is 9.88 Å². The second-order valence-electron chi connectivity index (χ2n) is 5.92. The first-order valence-corrected chi connectivity index (χ1v) is 6.70. The number of amides is 1. The summed E-state index contributed by atoms with van der Waals surface area (Å²) < 4.78 is 24.1. The van der Waals surface area contributed by atoms with Crippen LogP contribution in [0.5, 0.6) is 5.75 Å². The smallest absolute Gasteiger partial charge is 0.410 e. The number of halogens is 1. The predicted molar refractivity (Wildman–Crippen MR) is 73.4 cm³/mol. The number of aromatic nitrogens is 1. The van der Waals surface area contributed by atoms with Gasteiger partial charge in [0.25, 0.3) is 5.95 Å². The topological polar surface area (TPSA) is 89.0 Å². The van der Waals surface area contributed by atoms with Gasteiger partial charge in [-0.25, -0.2) is 14.6 Å². The van der Waals surface area contributed by atoms with Crippen molar-refractivity contribution >= 4 is 12.1 Å². The lowest BCUT2D eigenvalue weighted by Gasteiger charge is -2.39. The van der Waals surface area contributed by atoms with Crippen LogP contribution in [0, 0.1) is 5.95 Å². The first kappa shape index (κ1) is 16.0. The zero-order valence-corrected chi connectivity index (χ0v) is 12.5. The lowest BCUT2D eigenvalue weighted by atomic mass is 10.1. The van der Waals surface area contributed by atoms with E-state index in [4.69, 9.17) is 14.6 Å². The van der Waals surface area contributed by atoms with Crippen molar-refractivity contribution in [1.29, 1.82) is 0 Å². The molecule has 0 atom stereocenters. The van der Waals surface area contributed by atoms with Crippen molar-refractivity contribution in [3.05, 3.63) is 23.8 Å². The Balaban J connectivity index is 1.88. The molecule has 1 aromatic rings. The molecule has 0 radical (unpaired) electrons. The SMILES string of the molecule is CC(C)(C)OC(=O)N1CC(Oc2ccc(C(=O)O)nc2F)C1. The Morgan fingerprint density at radius 2 is 2.00 bits per heavy atom. The Bertz CT molecular complexity index is 593. The van der Waals surface area contributed by atoms with Gasteiger partial charge < -0.3 is 19.5 Å². The fourth-order valence-corrected chi connectivity index (χ4v) is 1.80. The van der Waals surface area contributed by atoms with Crippen molar-refractivity contribution in [2.45, 2.75) is 32.5 Å². The van der Waals surface area contributed by atoms with E-state index < -0.39 is 29.3 Å². The van der Waals surface area contributed by atoms with E-state index in [1.807, 2.05) is 0 Å². The third-order valence-corrected chi connectivity index (χ3v) is 2.83. The summed E-state index contributed by atoms with van der Waals surface area (Å²) >= 11 is 0. The number of ether oxygens (including phenoxy) is 2. The van der Waals surface area contributed by atoms with E-state index in [0.717, 1.165) is 6.07 Å². The van der Waals surface area contributed by atoms with Gasteiger partial charge in [0, 0.05) is 0 Å². The number of carboxylic acid groups (broad SMARTS) is 1. The molecule has 1 aliphatic rings. The molecule has 2 rings (SSSR count). The molecule has 0 bridgehead atoms. The van der Waals surface area contributed by atoms with E-state index in [2.05, 4.69) is 4.98 Å². The number of aromatic carboxylic acids is 1. The summed E-state index contributed by atoms with van der Waals surface area (Å²) in [5, 5.41) is 8.70. The summed E-state index contributed by atoms with van der Waals surface area (Å²) in [4.78, 5) is 27.1. The molecular formula is C14H17FN2O5. The van der Waals surface area contributed by atoms with Crippen LogP contribution in [0.3, 0.4) is 0 Å². The minimum Gasteiger partial charge on any atom is -0.482 e. The Hall–Kier alpha value is -2.38. The molecule has 1 amide bonds. The van der Waals surface area contributed by atoms with Crippen molar-refractivity contribution in [3.8, 4) is 5.75 Å². The molecule has 8 heteroatoms. The van der Waals surface area contributed by atoms with Crippen LogP contribution in [-0.2, 0) is 4.74 Å². The van der Waals surface area contributed by atoms with Crippen molar-refractivity contribution in [2.75, 3.05) is 13.1 Å². The molecule has 22 heavy (non-hydrogen) atoms. The summed E-state index contributed by atoms with van der Waals surface area (Å²) in [5.74, 6) is -2.44. The average molecular weight is 312 g/mol. The van der Waals surface area contributed by atoms with Crippen LogP contribution >= 0.6 is 0 Å². The summed E-state index contributed by atoms with van der Waals surface area (Å²) in [5.41, 5.74) is -0.972. The molecule has 1 aliphatic heterocycles. The number of hydrogen-bond donors (Lipinski definition) is 1. The van der Waals surface area contributed by atoms with Crippen LogP contribution in [0.25, 0.3) is 0 Å². The van der Waals surface area contributed by atoms with Gasteiger partial charge in [-0.1, -0.05) is 0 Å². The van der Waals surface area contributed by atoms with Crippen LogP contribution in [0.2, 0.25) is 0 Å². The molecule has 0 unspecified atom stereocenters. The lowest BCUT2D eigenvalue weighted by Crippen LogP contribution is -2.57. The monoisotopic (exact) mass is 312 g/mol. The van der Waals surface area contributed by atoms with E-state index >= 15 is 0 Å². The number of nitrogens with zero attached hydrogens (tertiary/aromatic N) is 2. The minimum atomic E-state index is -1.31. The van der Waals surface area contributed by atoms with Gasteiger partial charge in [0.05, 0.1) is 13.1 Å². The molecule has 1 aromatic heterocycles. The van der Waals surface area contributed by atoms with Gasteiger partial charge in [0.15, 0.2) is 11.4 Å². The molecule has 0 aliphatic carbocycles. The van der Waals surface area contributed by atoms with E-state index in [0.29, 0.717) is 0 Å². The maximum Gasteiger partial charge on any atom is 0.410 e. The molecule has 1 N–H and O–H groups in total. The normalized spacial score (nSPS) is 15.2. The van der Waals surface area contributed by atoms with Crippen LogP contribution in [0.15, 0.2) is 12.1 Å². The quantitative estimate of drug-likeness (QED) is 0.858. The van der Waals surface area contributed by atoms with Crippen molar-refractivity contribution < 1.29 is 28.6 Å². The van der Waals surface area contributed by atoms with Crippen LogP contribution < -0.4 is 4.74 Å². The highest BCUT2D eigenvalue weighted by molar-refractivity contribution is 5.85. The zero-order chi connectivity index (χ0) is 16.5. The number of carbonyl (C=O) groups is 2. The van der Waals surface area contributed by atoms with E-state index in [1.165, 1.54) is 11.0 Å². The number of carboxylic acids is 1. The fraction of sp³-hybridized carbons (Fsp3) is 0.500. The van der Waals surface area contributed by atoms with Crippen LogP contribution in [0.1, 0.15) is 31.3 Å². The van der Waals surface area contributed by atoms with Gasteiger partial charge in [-0.05, 0) is 32.9 Å². The van der Waals surface area contributed by atoms with Crippen molar-refractivity contribution in [3.63, 3.8) is 0 Å². The zero-order valence-electron chi connectivity index (χ0n) is 12.5. The van der Waals surface area contributed by atoms with Gasteiger partial charge >= 0.3 is 12.1 Å². The van der Waals surface area contributed by atoms with Gasteiger partial charge in [0.2, 0.25) is 0 Å². The molecule has 7 nitrogen and oxygen atoms in total. The molecule has 0 saturated carbocycles. The summed E-state index contributed by atoms with van der Waals surface area (Å²) in [7, 11) is 0. The number of carbonyl (C=O) groups excluding carboxylic acids is 1. The van der Waals surface area contributed by atoms with Gasteiger partial charge in [0.1, 0.15) is 11.7 Å². The number of rotatable bonds is 3. The van der Waals surface area contributed by atoms with E-state index in [9.17, 15) is 14.0 Å². The first-order chi connectivity index (χ1) is 10.2. The molecule has 1 fully saturated rings. The third kappa shape index (κ3) is 3.84. The molecule has 0 aromatic carbocycles. The van der Waals surface area contributed by atoms with E-state index in [1.54, 1.807) is 20.8 Å². The second kappa shape index (κ2) is 5.78. The highest BCUT2D eigenvalue weighted by Crippen LogP contribution is 2.22. The second-order valence-corrected chi connectivity index (χ2v) is 5.92. The highest BCUT2D eigenvalue weighted by Gasteiger charge is 2.35. The van der Waals surface area contributed by atoms with Gasteiger partial charge in [-0.3, -0.25) is 0 Å².